The highest BCUT2D eigenvalue weighted by molar-refractivity contribution is 5.91. The number of amides is 1. The molecule has 1 N–H and O–H groups in total. The standard InChI is InChI=1S/C18H22FNO3/c19-15-6-2-1-5-14(15)18(9-10-18)17(23)20-11-3-4-13(12-20)7-8-16(21)22/h1-2,5-6,13H,3-4,7-12H2,(H,21,22). The third kappa shape index (κ3) is 3.23. The summed E-state index contributed by atoms with van der Waals surface area (Å²) in [7, 11) is 0. The van der Waals surface area contributed by atoms with Crippen molar-refractivity contribution in [1.82, 2.24) is 4.90 Å². The quantitative estimate of drug-likeness (QED) is 0.908. The van der Waals surface area contributed by atoms with Crippen molar-refractivity contribution in [3.05, 3.63) is 35.6 Å². The van der Waals surface area contributed by atoms with Gasteiger partial charge in [0.05, 0.1) is 5.41 Å². The largest absolute Gasteiger partial charge is 0.481 e. The number of hydrogen-bond acceptors (Lipinski definition) is 2. The van der Waals surface area contributed by atoms with Gasteiger partial charge in [0, 0.05) is 25.1 Å². The number of nitrogens with zero attached hydrogens (tertiary/aromatic N) is 1. The molecule has 23 heavy (non-hydrogen) atoms. The summed E-state index contributed by atoms with van der Waals surface area (Å²) in [6.07, 6.45) is 4.00. The van der Waals surface area contributed by atoms with E-state index in [9.17, 15) is 14.0 Å². The van der Waals surface area contributed by atoms with Gasteiger partial charge in [0.1, 0.15) is 5.82 Å². The summed E-state index contributed by atoms with van der Waals surface area (Å²) in [5.74, 6) is -0.848. The summed E-state index contributed by atoms with van der Waals surface area (Å²) in [5.41, 5.74) is -0.169. The first-order valence-corrected chi connectivity index (χ1v) is 8.29. The summed E-state index contributed by atoms with van der Waals surface area (Å²) in [6, 6.07) is 6.54. The van der Waals surface area contributed by atoms with Crippen LogP contribution in [0.15, 0.2) is 24.3 Å². The predicted octanol–water partition coefficient (Wildman–Crippen LogP) is 2.96. The van der Waals surface area contributed by atoms with Crippen LogP contribution in [0.1, 0.15) is 44.1 Å². The zero-order chi connectivity index (χ0) is 16.4. The normalized spacial score (nSPS) is 22.7. The average molecular weight is 319 g/mol. The van der Waals surface area contributed by atoms with Crippen molar-refractivity contribution in [2.75, 3.05) is 13.1 Å². The number of piperidine rings is 1. The van der Waals surface area contributed by atoms with Crippen LogP contribution in [0, 0.1) is 11.7 Å². The van der Waals surface area contributed by atoms with Gasteiger partial charge < -0.3 is 10.0 Å². The molecule has 5 heteroatoms. The van der Waals surface area contributed by atoms with Gasteiger partial charge in [0.25, 0.3) is 0 Å². The van der Waals surface area contributed by atoms with Crippen LogP contribution in [0.4, 0.5) is 4.39 Å². The van der Waals surface area contributed by atoms with E-state index in [1.165, 1.54) is 6.07 Å². The van der Waals surface area contributed by atoms with Crippen LogP contribution in [0.25, 0.3) is 0 Å². The zero-order valence-corrected chi connectivity index (χ0v) is 13.1. The second-order valence-electron chi connectivity index (χ2n) is 6.75. The van der Waals surface area contributed by atoms with E-state index in [-0.39, 0.29) is 24.1 Å². The number of likely N-dealkylation sites (tertiary alicyclic amines) is 1. The molecule has 1 amide bonds. The minimum atomic E-state index is -0.793. The number of carboxylic acid groups (broad SMARTS) is 1. The number of benzene rings is 1. The van der Waals surface area contributed by atoms with Crippen LogP contribution in [0.5, 0.6) is 0 Å². The molecule has 0 radical (unpaired) electrons. The van der Waals surface area contributed by atoms with E-state index in [1.807, 2.05) is 4.90 Å². The molecule has 1 aliphatic carbocycles. The summed E-state index contributed by atoms with van der Waals surface area (Å²) in [5, 5.41) is 8.82. The zero-order valence-electron chi connectivity index (χ0n) is 13.1. The third-order valence-electron chi connectivity index (χ3n) is 5.12. The van der Waals surface area contributed by atoms with E-state index >= 15 is 0 Å². The van der Waals surface area contributed by atoms with Gasteiger partial charge in [-0.3, -0.25) is 9.59 Å². The Morgan fingerprint density at radius 3 is 2.70 bits per heavy atom. The molecule has 1 heterocycles. The molecule has 0 bridgehead atoms. The van der Waals surface area contributed by atoms with Crippen molar-refractivity contribution in [2.24, 2.45) is 5.92 Å². The van der Waals surface area contributed by atoms with Gasteiger partial charge in [-0.1, -0.05) is 18.2 Å². The van der Waals surface area contributed by atoms with Crippen LogP contribution >= 0.6 is 0 Å². The second kappa shape index (κ2) is 6.30. The molecule has 1 saturated heterocycles. The maximum absolute atomic E-state index is 14.1. The number of hydrogen-bond donors (Lipinski definition) is 1. The maximum Gasteiger partial charge on any atom is 0.303 e. The monoisotopic (exact) mass is 319 g/mol. The maximum atomic E-state index is 14.1. The van der Waals surface area contributed by atoms with Gasteiger partial charge in [0.2, 0.25) is 5.91 Å². The topological polar surface area (TPSA) is 57.6 Å². The minimum absolute atomic E-state index is 0.0163. The number of carbonyl (C=O) groups excluding carboxylic acids is 1. The summed E-state index contributed by atoms with van der Waals surface area (Å²) < 4.78 is 14.1. The van der Waals surface area contributed by atoms with Gasteiger partial charge in [-0.25, -0.2) is 4.39 Å². The summed E-state index contributed by atoms with van der Waals surface area (Å²) >= 11 is 0. The molecule has 2 aliphatic rings. The van der Waals surface area contributed by atoms with Crippen LogP contribution in [-0.4, -0.2) is 35.0 Å². The number of carbonyl (C=O) groups is 2. The first kappa shape index (κ1) is 16.0. The molecule has 1 atom stereocenters. The minimum Gasteiger partial charge on any atom is -0.481 e. The molecular weight excluding hydrogens is 297 g/mol. The molecule has 3 rings (SSSR count). The van der Waals surface area contributed by atoms with Crippen molar-refractivity contribution in [2.45, 2.75) is 43.9 Å². The Balaban J connectivity index is 1.70. The van der Waals surface area contributed by atoms with Gasteiger partial charge in [-0.2, -0.15) is 0 Å². The fourth-order valence-corrected chi connectivity index (χ4v) is 3.69. The third-order valence-corrected chi connectivity index (χ3v) is 5.12. The van der Waals surface area contributed by atoms with E-state index < -0.39 is 11.4 Å². The highest BCUT2D eigenvalue weighted by Gasteiger charge is 2.54. The van der Waals surface area contributed by atoms with Crippen LogP contribution in [0.2, 0.25) is 0 Å². The van der Waals surface area contributed by atoms with Gasteiger partial charge in [-0.05, 0) is 44.1 Å². The molecule has 0 spiro atoms. The second-order valence-corrected chi connectivity index (χ2v) is 6.75. The van der Waals surface area contributed by atoms with E-state index in [1.54, 1.807) is 18.2 Å². The number of carboxylic acids is 1. The predicted molar refractivity (Wildman–Crippen MR) is 83.5 cm³/mol. The molecule has 1 aromatic carbocycles. The number of aliphatic carboxylic acids is 1. The Labute approximate surface area is 135 Å². The summed E-state index contributed by atoms with van der Waals surface area (Å²) in [4.78, 5) is 25.5. The van der Waals surface area contributed by atoms with Crippen molar-refractivity contribution in [3.8, 4) is 0 Å². The van der Waals surface area contributed by atoms with E-state index in [2.05, 4.69) is 0 Å². The van der Waals surface area contributed by atoms with Crippen molar-refractivity contribution < 1.29 is 19.1 Å². The molecule has 1 saturated carbocycles. The van der Waals surface area contributed by atoms with E-state index in [0.717, 1.165) is 12.8 Å². The van der Waals surface area contributed by atoms with Gasteiger partial charge in [-0.15, -0.1) is 0 Å². The molecule has 4 nitrogen and oxygen atoms in total. The lowest BCUT2D eigenvalue weighted by Crippen LogP contribution is -2.45. The Kier molecular flexibility index (Phi) is 4.37. The Morgan fingerprint density at radius 2 is 2.04 bits per heavy atom. The molecule has 1 aromatic rings. The molecule has 124 valence electrons. The lowest BCUT2D eigenvalue weighted by Gasteiger charge is -2.35. The van der Waals surface area contributed by atoms with Gasteiger partial charge >= 0.3 is 5.97 Å². The fourth-order valence-electron chi connectivity index (χ4n) is 3.69. The lowest BCUT2D eigenvalue weighted by molar-refractivity contribution is -0.137. The van der Waals surface area contributed by atoms with Crippen LogP contribution in [-0.2, 0) is 15.0 Å². The summed E-state index contributed by atoms with van der Waals surface area (Å²) in [6.45, 7) is 1.29. The molecule has 1 aliphatic heterocycles. The average Bonchev–Trinajstić information content (AvgIpc) is 3.34. The number of rotatable bonds is 5. The Morgan fingerprint density at radius 1 is 1.30 bits per heavy atom. The molecule has 0 aromatic heterocycles. The molecular formula is C18H22FNO3. The highest BCUT2D eigenvalue weighted by Crippen LogP contribution is 2.50. The lowest BCUT2D eigenvalue weighted by atomic mass is 9.89. The van der Waals surface area contributed by atoms with Crippen molar-refractivity contribution in [3.63, 3.8) is 0 Å². The highest BCUT2D eigenvalue weighted by atomic mass is 19.1. The van der Waals surface area contributed by atoms with Crippen LogP contribution < -0.4 is 0 Å². The number of halogens is 1. The Hall–Kier alpha value is -1.91. The van der Waals surface area contributed by atoms with Gasteiger partial charge in [0.15, 0.2) is 0 Å². The van der Waals surface area contributed by atoms with E-state index in [0.29, 0.717) is 37.9 Å². The molecule has 1 unspecified atom stereocenters. The SMILES string of the molecule is O=C(O)CCC1CCCN(C(=O)C2(c3ccccc3F)CC2)C1. The van der Waals surface area contributed by atoms with Crippen molar-refractivity contribution >= 4 is 11.9 Å². The Bertz CT molecular complexity index is 612. The van der Waals surface area contributed by atoms with Crippen LogP contribution in [0.3, 0.4) is 0 Å². The molecule has 2 fully saturated rings. The fraction of sp³-hybridized carbons (Fsp3) is 0.556. The smallest absolute Gasteiger partial charge is 0.303 e. The first-order valence-electron chi connectivity index (χ1n) is 8.29. The first-order chi connectivity index (χ1) is 11.0. The van der Waals surface area contributed by atoms with Crippen molar-refractivity contribution in [1.29, 1.82) is 0 Å². The van der Waals surface area contributed by atoms with E-state index in [4.69, 9.17) is 5.11 Å².